The predicted molar refractivity (Wildman–Crippen MR) is 187 cm³/mol. The maximum atomic E-state index is 13.3. The van der Waals surface area contributed by atoms with Gasteiger partial charge in [-0.3, -0.25) is 34.0 Å². The van der Waals surface area contributed by atoms with Crippen LogP contribution in [0.4, 0.5) is 5.69 Å². The molecule has 262 valence electrons. The zero-order valence-corrected chi connectivity index (χ0v) is 29.0. The normalized spacial score (nSPS) is 18.0. The Labute approximate surface area is 298 Å². The molecule has 1 unspecified atom stereocenters. The third kappa shape index (κ3) is 6.93. The minimum Gasteiger partial charge on any atom is -0.382 e. The van der Waals surface area contributed by atoms with Gasteiger partial charge in [-0.25, -0.2) is 0 Å². The molecule has 0 bridgehead atoms. The molecule has 2 N–H and O–H groups in total. The van der Waals surface area contributed by atoms with Crippen LogP contribution in [-0.4, -0.2) is 82.3 Å². The summed E-state index contributed by atoms with van der Waals surface area (Å²) in [5.74, 6) is 5.93. The number of rotatable bonds is 11. The van der Waals surface area contributed by atoms with Gasteiger partial charge in [-0.1, -0.05) is 48.2 Å². The number of anilines is 1. The van der Waals surface area contributed by atoms with Crippen molar-refractivity contribution in [1.29, 1.82) is 0 Å². The molecule has 0 spiro atoms. The summed E-state index contributed by atoms with van der Waals surface area (Å²) < 4.78 is 19.7. The molecule has 0 saturated carbocycles. The first-order valence-corrected chi connectivity index (χ1v) is 17.6. The van der Waals surface area contributed by atoms with Gasteiger partial charge in [0.1, 0.15) is 29.6 Å². The van der Waals surface area contributed by atoms with Crippen molar-refractivity contribution in [1.82, 2.24) is 25.0 Å². The van der Waals surface area contributed by atoms with Crippen molar-refractivity contribution >= 4 is 40.7 Å². The Kier molecular flexibility index (Phi) is 10.0. The van der Waals surface area contributed by atoms with Crippen LogP contribution in [0.25, 0.3) is 5.00 Å². The first-order valence-electron chi connectivity index (χ1n) is 16.8. The Bertz CT molecular complexity index is 2060. The number of carbonyl (C=O) groups is 4. The molecular formula is C37H36N6O7S. The first-order chi connectivity index (χ1) is 24.8. The van der Waals surface area contributed by atoms with Crippen molar-refractivity contribution in [2.45, 2.75) is 51.9 Å². The van der Waals surface area contributed by atoms with Crippen LogP contribution in [0.1, 0.15) is 79.8 Å². The van der Waals surface area contributed by atoms with Gasteiger partial charge in [-0.05, 0) is 49.9 Å². The largest absolute Gasteiger partial charge is 0.382 e. The highest BCUT2D eigenvalue weighted by atomic mass is 32.1. The monoisotopic (exact) mass is 708 g/mol. The molecule has 4 amide bonds. The number of thiophene rings is 1. The van der Waals surface area contributed by atoms with E-state index in [1.54, 1.807) is 29.5 Å². The second kappa shape index (κ2) is 15.0. The molecular weight excluding hydrogens is 673 g/mol. The molecule has 3 aliphatic rings. The number of hydrogen-bond donors (Lipinski definition) is 2. The number of fused-ring (bicyclic) bond motifs is 4. The summed E-state index contributed by atoms with van der Waals surface area (Å²) in [6.07, 6.45) is 0.714. The van der Waals surface area contributed by atoms with Gasteiger partial charge in [0.2, 0.25) is 11.8 Å². The van der Waals surface area contributed by atoms with E-state index < -0.39 is 29.7 Å². The molecule has 2 aromatic heterocycles. The second-order valence-corrected chi connectivity index (χ2v) is 13.3. The van der Waals surface area contributed by atoms with Gasteiger partial charge in [0.05, 0.1) is 42.4 Å². The van der Waals surface area contributed by atoms with Crippen LogP contribution in [0.5, 0.6) is 0 Å². The lowest BCUT2D eigenvalue weighted by molar-refractivity contribution is -0.136. The minimum absolute atomic E-state index is 0.0648. The van der Waals surface area contributed by atoms with Gasteiger partial charge in [-0.2, -0.15) is 0 Å². The number of benzene rings is 2. The van der Waals surface area contributed by atoms with E-state index in [2.05, 4.69) is 49.4 Å². The molecule has 7 rings (SSSR count). The lowest BCUT2D eigenvalue weighted by Gasteiger charge is -2.27. The topological polar surface area (TPSA) is 154 Å². The lowest BCUT2D eigenvalue weighted by atomic mass is 10.0. The highest BCUT2D eigenvalue weighted by Crippen LogP contribution is 2.39. The molecule has 5 heterocycles. The molecule has 3 aliphatic heterocycles. The molecule has 0 radical (unpaired) electrons. The summed E-state index contributed by atoms with van der Waals surface area (Å²) in [5, 5.41) is 15.1. The summed E-state index contributed by atoms with van der Waals surface area (Å²) >= 11 is 1.62. The van der Waals surface area contributed by atoms with Crippen LogP contribution in [0, 0.1) is 18.8 Å². The Morgan fingerprint density at radius 1 is 1.02 bits per heavy atom. The number of imide groups is 2. The summed E-state index contributed by atoms with van der Waals surface area (Å²) in [7, 11) is 0. The molecule has 4 aromatic rings. The summed E-state index contributed by atoms with van der Waals surface area (Å²) in [4.78, 5) is 52.2. The van der Waals surface area contributed by atoms with Gasteiger partial charge in [-0.15, -0.1) is 21.5 Å². The van der Waals surface area contributed by atoms with E-state index in [4.69, 9.17) is 14.2 Å². The molecule has 0 aliphatic carbocycles. The third-order valence-electron chi connectivity index (χ3n) is 8.99. The number of hydrogen-bond acceptors (Lipinski definition) is 11. The van der Waals surface area contributed by atoms with E-state index in [-0.39, 0.29) is 36.7 Å². The van der Waals surface area contributed by atoms with Crippen LogP contribution >= 0.6 is 11.3 Å². The van der Waals surface area contributed by atoms with E-state index in [9.17, 15) is 19.2 Å². The van der Waals surface area contributed by atoms with Gasteiger partial charge < -0.3 is 19.5 Å². The van der Waals surface area contributed by atoms with Gasteiger partial charge in [0.25, 0.3) is 11.8 Å². The number of amides is 4. The van der Waals surface area contributed by atoms with Gasteiger partial charge >= 0.3 is 0 Å². The van der Waals surface area contributed by atoms with Crippen molar-refractivity contribution < 1.29 is 33.4 Å². The standard InChI is InChI=1S/C37H36N6O7S/c1-22-33-41-40-23(2)42(33)37-27(21-50-22)26(20-24-8-4-3-5-9-24)30(51-37)12-7-16-48-18-19-49-17-15-38-28-11-6-10-25-32(28)36(47)43(35(25)46)29-13-14-31(44)39-34(29)45/h3-6,8-11,22,29,38H,13-21H2,1-2H3,(H,39,44,45)/t22-,29?/m0/s1. The SMILES string of the molecule is Cc1nnc2n1-c1sc(C#CCOCCOCCNc3cccc4c3C(=O)N(C3CCC(=O)NC3=O)C4=O)c(Cc3ccccc3)c1CO[C@H]2C. The summed E-state index contributed by atoms with van der Waals surface area (Å²) in [6, 6.07) is 14.2. The average Bonchev–Trinajstić information content (AvgIpc) is 3.72. The predicted octanol–water partition coefficient (Wildman–Crippen LogP) is 3.72. The molecule has 14 heteroatoms. The van der Waals surface area contributed by atoms with Crippen LogP contribution in [-0.2, 0) is 36.8 Å². The van der Waals surface area contributed by atoms with Crippen LogP contribution < -0.4 is 10.6 Å². The fourth-order valence-electron chi connectivity index (χ4n) is 6.46. The van der Waals surface area contributed by atoms with E-state index in [0.717, 1.165) is 44.0 Å². The first kappa shape index (κ1) is 34.3. The molecule has 1 saturated heterocycles. The summed E-state index contributed by atoms with van der Waals surface area (Å²) in [6.45, 7) is 6.02. The van der Waals surface area contributed by atoms with Crippen LogP contribution in [0.2, 0.25) is 0 Å². The number of nitrogens with zero attached hydrogens (tertiary/aromatic N) is 4. The third-order valence-corrected chi connectivity index (χ3v) is 10.2. The minimum atomic E-state index is -1.02. The van der Waals surface area contributed by atoms with Crippen molar-refractivity contribution in [3.63, 3.8) is 0 Å². The van der Waals surface area contributed by atoms with Crippen LogP contribution in [0.15, 0.2) is 48.5 Å². The number of ether oxygens (including phenoxy) is 3. The van der Waals surface area contributed by atoms with E-state index >= 15 is 0 Å². The Hall–Kier alpha value is -5.20. The maximum Gasteiger partial charge on any atom is 0.264 e. The van der Waals surface area contributed by atoms with Crippen molar-refractivity contribution in [3.05, 3.63) is 92.9 Å². The smallest absolute Gasteiger partial charge is 0.264 e. The Morgan fingerprint density at radius 2 is 1.84 bits per heavy atom. The number of aryl methyl sites for hydroxylation is 1. The second-order valence-electron chi connectivity index (χ2n) is 12.3. The highest BCUT2D eigenvalue weighted by molar-refractivity contribution is 7.15. The molecule has 1 fully saturated rings. The van der Waals surface area contributed by atoms with Gasteiger partial charge in [0, 0.05) is 24.2 Å². The maximum absolute atomic E-state index is 13.3. The Balaban J connectivity index is 0.914. The Morgan fingerprint density at radius 3 is 2.67 bits per heavy atom. The van der Waals surface area contributed by atoms with E-state index in [1.165, 1.54) is 5.56 Å². The van der Waals surface area contributed by atoms with Crippen molar-refractivity contribution in [3.8, 4) is 16.8 Å². The average molecular weight is 709 g/mol. The molecule has 2 aromatic carbocycles. The number of nitrogens with one attached hydrogen (secondary N) is 2. The zero-order chi connectivity index (χ0) is 35.5. The van der Waals surface area contributed by atoms with Crippen molar-refractivity contribution in [2.75, 3.05) is 38.3 Å². The molecule has 13 nitrogen and oxygen atoms in total. The highest BCUT2D eigenvalue weighted by Gasteiger charge is 2.45. The molecule has 2 atom stereocenters. The number of aromatic nitrogens is 3. The lowest BCUT2D eigenvalue weighted by Crippen LogP contribution is -2.54. The van der Waals surface area contributed by atoms with Crippen molar-refractivity contribution in [2.24, 2.45) is 0 Å². The van der Waals surface area contributed by atoms with E-state index in [1.807, 2.05) is 32.0 Å². The van der Waals surface area contributed by atoms with Gasteiger partial charge in [0.15, 0.2) is 5.82 Å². The quantitative estimate of drug-likeness (QED) is 0.134. The fourth-order valence-corrected chi connectivity index (χ4v) is 7.72. The molecule has 51 heavy (non-hydrogen) atoms. The van der Waals surface area contributed by atoms with Crippen LogP contribution in [0.3, 0.4) is 0 Å². The summed E-state index contributed by atoms with van der Waals surface area (Å²) in [5.41, 5.74) is 4.33. The fraction of sp³-hybridized carbons (Fsp3) is 0.351. The zero-order valence-electron chi connectivity index (χ0n) is 28.2. The van der Waals surface area contributed by atoms with E-state index in [0.29, 0.717) is 38.7 Å². The number of carbonyl (C=O) groups excluding carboxylic acids is 4. The number of piperidine rings is 1.